The third-order valence-corrected chi connectivity index (χ3v) is 3.00. The number of rotatable bonds is 12. The highest BCUT2D eigenvalue weighted by Gasteiger charge is 2.22. The Morgan fingerprint density at radius 1 is 1.11 bits per heavy atom. The largest absolute Gasteiger partial charge is 0.380 e. The second-order valence-electron chi connectivity index (χ2n) is 4.44. The van der Waals surface area contributed by atoms with Crippen LogP contribution in [0.15, 0.2) is 0 Å². The lowest BCUT2D eigenvalue weighted by atomic mass is 10.0. The summed E-state index contributed by atoms with van der Waals surface area (Å²) in [6.45, 7) is 10.1. The number of nitrogens with two attached hydrogens (primary N) is 1. The van der Waals surface area contributed by atoms with Gasteiger partial charge in [-0.2, -0.15) is 0 Å². The zero-order valence-corrected chi connectivity index (χ0v) is 12.7. The van der Waals surface area contributed by atoms with Crippen molar-refractivity contribution >= 4 is 5.91 Å². The molecule has 0 aromatic heterocycles. The highest BCUT2D eigenvalue weighted by atomic mass is 16.5. The van der Waals surface area contributed by atoms with Crippen LogP contribution in [0.5, 0.6) is 0 Å². The maximum atomic E-state index is 12.4. The molecule has 0 fully saturated rings. The molecule has 5 heteroatoms. The average molecular weight is 274 g/mol. The lowest BCUT2D eigenvalue weighted by Crippen LogP contribution is -2.42. The highest BCUT2D eigenvalue weighted by molar-refractivity contribution is 5.79. The van der Waals surface area contributed by atoms with Crippen molar-refractivity contribution in [3.8, 4) is 0 Å². The fraction of sp³-hybridized carbons (Fsp3) is 0.929. The quantitative estimate of drug-likeness (QED) is 0.544. The van der Waals surface area contributed by atoms with Gasteiger partial charge in [-0.15, -0.1) is 0 Å². The lowest BCUT2D eigenvalue weighted by molar-refractivity contribution is -0.137. The molecule has 0 heterocycles. The molecule has 5 nitrogen and oxygen atoms in total. The van der Waals surface area contributed by atoms with Crippen molar-refractivity contribution in [1.29, 1.82) is 0 Å². The summed E-state index contributed by atoms with van der Waals surface area (Å²) in [6, 6.07) is 0. The normalized spacial score (nSPS) is 12.4. The van der Waals surface area contributed by atoms with Gasteiger partial charge in [0.05, 0.1) is 19.1 Å². The van der Waals surface area contributed by atoms with Gasteiger partial charge in [0, 0.05) is 32.8 Å². The Hall–Kier alpha value is -0.650. The minimum atomic E-state index is -0.0757. The van der Waals surface area contributed by atoms with E-state index in [1.807, 2.05) is 18.7 Å². The third-order valence-electron chi connectivity index (χ3n) is 3.00. The van der Waals surface area contributed by atoms with Crippen molar-refractivity contribution in [1.82, 2.24) is 4.90 Å². The summed E-state index contributed by atoms with van der Waals surface area (Å²) in [4.78, 5) is 14.2. The predicted molar refractivity (Wildman–Crippen MR) is 77.0 cm³/mol. The Kier molecular flexibility index (Phi) is 12.0. The van der Waals surface area contributed by atoms with Gasteiger partial charge in [-0.25, -0.2) is 0 Å². The molecule has 0 aliphatic carbocycles. The van der Waals surface area contributed by atoms with Gasteiger partial charge >= 0.3 is 0 Å². The molecule has 0 aromatic rings. The minimum Gasteiger partial charge on any atom is -0.380 e. The highest BCUT2D eigenvalue weighted by Crippen LogP contribution is 2.09. The molecule has 0 radical (unpaired) electrons. The van der Waals surface area contributed by atoms with Gasteiger partial charge in [0.2, 0.25) is 5.91 Å². The second kappa shape index (κ2) is 12.4. The standard InChI is InChI=1S/C14H30N2O3/c1-4-7-13(12-15)14(17)16(8-10-18-5-2)9-11-19-6-3/h13H,4-12,15H2,1-3H3. The van der Waals surface area contributed by atoms with Crippen molar-refractivity contribution in [3.63, 3.8) is 0 Å². The summed E-state index contributed by atoms with van der Waals surface area (Å²) >= 11 is 0. The van der Waals surface area contributed by atoms with Crippen LogP contribution in [-0.2, 0) is 14.3 Å². The van der Waals surface area contributed by atoms with Crippen molar-refractivity contribution in [2.75, 3.05) is 46.1 Å². The van der Waals surface area contributed by atoms with Crippen LogP contribution in [0.1, 0.15) is 33.6 Å². The van der Waals surface area contributed by atoms with Crippen molar-refractivity contribution < 1.29 is 14.3 Å². The molecule has 114 valence electrons. The maximum absolute atomic E-state index is 12.4. The van der Waals surface area contributed by atoms with E-state index in [-0.39, 0.29) is 11.8 Å². The molecule has 0 bridgehead atoms. The van der Waals surface area contributed by atoms with E-state index in [1.165, 1.54) is 0 Å². The number of hydrogen-bond donors (Lipinski definition) is 1. The summed E-state index contributed by atoms with van der Waals surface area (Å²) in [5.41, 5.74) is 5.70. The van der Waals surface area contributed by atoms with Gasteiger partial charge in [-0.1, -0.05) is 13.3 Å². The topological polar surface area (TPSA) is 64.8 Å². The van der Waals surface area contributed by atoms with E-state index in [1.54, 1.807) is 0 Å². The SMILES string of the molecule is CCCC(CN)C(=O)N(CCOCC)CCOCC. The Morgan fingerprint density at radius 2 is 1.63 bits per heavy atom. The van der Waals surface area contributed by atoms with Crippen LogP contribution < -0.4 is 5.73 Å². The minimum absolute atomic E-state index is 0.0757. The van der Waals surface area contributed by atoms with Crippen LogP contribution >= 0.6 is 0 Å². The number of carbonyl (C=O) groups is 1. The summed E-state index contributed by atoms with van der Waals surface area (Å²) in [6.07, 6.45) is 1.81. The van der Waals surface area contributed by atoms with Gasteiger partial charge in [0.15, 0.2) is 0 Å². The molecule has 0 aliphatic heterocycles. The first-order chi connectivity index (χ1) is 9.21. The molecule has 19 heavy (non-hydrogen) atoms. The van der Waals surface area contributed by atoms with E-state index in [0.29, 0.717) is 46.1 Å². The molecule has 2 N–H and O–H groups in total. The van der Waals surface area contributed by atoms with Crippen molar-refractivity contribution in [2.45, 2.75) is 33.6 Å². The molecular formula is C14H30N2O3. The van der Waals surface area contributed by atoms with Gasteiger partial charge in [-0.05, 0) is 20.3 Å². The lowest BCUT2D eigenvalue weighted by Gasteiger charge is -2.26. The van der Waals surface area contributed by atoms with E-state index < -0.39 is 0 Å². The van der Waals surface area contributed by atoms with Gasteiger partial charge in [-0.3, -0.25) is 4.79 Å². The summed E-state index contributed by atoms with van der Waals surface area (Å²) < 4.78 is 10.7. The van der Waals surface area contributed by atoms with E-state index in [9.17, 15) is 4.79 Å². The van der Waals surface area contributed by atoms with Crippen molar-refractivity contribution in [2.24, 2.45) is 11.7 Å². The molecule has 1 atom stereocenters. The van der Waals surface area contributed by atoms with Crippen molar-refractivity contribution in [3.05, 3.63) is 0 Å². The molecule has 0 aromatic carbocycles. The smallest absolute Gasteiger partial charge is 0.227 e. The van der Waals surface area contributed by atoms with Crippen LogP contribution in [0, 0.1) is 5.92 Å². The third kappa shape index (κ3) is 8.18. The zero-order valence-electron chi connectivity index (χ0n) is 12.7. The fourth-order valence-corrected chi connectivity index (χ4v) is 1.92. The fourth-order valence-electron chi connectivity index (χ4n) is 1.92. The van der Waals surface area contributed by atoms with E-state index in [4.69, 9.17) is 15.2 Å². The van der Waals surface area contributed by atoms with E-state index in [0.717, 1.165) is 12.8 Å². The van der Waals surface area contributed by atoms with E-state index in [2.05, 4.69) is 6.92 Å². The van der Waals surface area contributed by atoms with Gasteiger partial charge in [0.1, 0.15) is 0 Å². The Bertz CT molecular complexity index is 215. The number of carbonyl (C=O) groups excluding carboxylic acids is 1. The number of amides is 1. The molecule has 0 spiro atoms. The second-order valence-corrected chi connectivity index (χ2v) is 4.44. The van der Waals surface area contributed by atoms with Crippen LogP contribution in [0.3, 0.4) is 0 Å². The summed E-state index contributed by atoms with van der Waals surface area (Å²) in [5, 5.41) is 0. The Labute approximate surface area is 117 Å². The molecule has 1 unspecified atom stereocenters. The number of ether oxygens (including phenoxy) is 2. The Morgan fingerprint density at radius 3 is 2.00 bits per heavy atom. The zero-order chi connectivity index (χ0) is 14.5. The average Bonchev–Trinajstić information content (AvgIpc) is 2.42. The summed E-state index contributed by atoms with van der Waals surface area (Å²) in [7, 11) is 0. The van der Waals surface area contributed by atoms with Crippen LogP contribution in [0.2, 0.25) is 0 Å². The number of nitrogens with zero attached hydrogens (tertiary/aromatic N) is 1. The maximum Gasteiger partial charge on any atom is 0.227 e. The molecule has 0 aliphatic rings. The van der Waals surface area contributed by atoms with Gasteiger partial charge < -0.3 is 20.1 Å². The van der Waals surface area contributed by atoms with Gasteiger partial charge in [0.25, 0.3) is 0 Å². The van der Waals surface area contributed by atoms with E-state index >= 15 is 0 Å². The first-order valence-electron chi connectivity index (χ1n) is 7.35. The molecule has 0 saturated carbocycles. The molecular weight excluding hydrogens is 244 g/mol. The molecule has 0 rings (SSSR count). The predicted octanol–water partition coefficient (Wildman–Crippen LogP) is 1.26. The van der Waals surface area contributed by atoms with Crippen LogP contribution in [0.4, 0.5) is 0 Å². The Balaban J connectivity index is 4.36. The molecule has 1 amide bonds. The molecule has 0 saturated heterocycles. The first-order valence-corrected chi connectivity index (χ1v) is 7.35. The number of hydrogen-bond acceptors (Lipinski definition) is 4. The first kappa shape index (κ1) is 18.4. The van der Waals surface area contributed by atoms with Crippen LogP contribution in [-0.4, -0.2) is 56.9 Å². The monoisotopic (exact) mass is 274 g/mol. The van der Waals surface area contributed by atoms with Crippen LogP contribution in [0.25, 0.3) is 0 Å². The summed E-state index contributed by atoms with van der Waals surface area (Å²) in [5.74, 6) is 0.0528.